The Morgan fingerprint density at radius 1 is 1.60 bits per heavy atom. The predicted molar refractivity (Wildman–Crippen MR) is 53.5 cm³/mol. The molecule has 1 aliphatic heterocycles. The summed E-state index contributed by atoms with van der Waals surface area (Å²) in [7, 11) is 0. The van der Waals surface area contributed by atoms with Gasteiger partial charge in [-0.1, -0.05) is 12.1 Å². The third kappa shape index (κ3) is 2.30. The molecule has 1 saturated heterocycles. The van der Waals surface area contributed by atoms with E-state index in [0.29, 0.717) is 5.75 Å². The van der Waals surface area contributed by atoms with Crippen molar-refractivity contribution < 1.29 is 14.3 Å². The van der Waals surface area contributed by atoms with Crippen molar-refractivity contribution in [2.45, 2.75) is 11.4 Å². The Morgan fingerprint density at radius 2 is 2.40 bits per heavy atom. The van der Waals surface area contributed by atoms with Gasteiger partial charge in [0.15, 0.2) is 0 Å². The first-order valence-corrected chi connectivity index (χ1v) is 5.55. The molecule has 1 heterocycles. The Morgan fingerprint density at radius 3 is 3.00 bits per heavy atom. The number of carbonyl (C=O) groups is 1. The Labute approximate surface area is 90.7 Å². The van der Waals surface area contributed by atoms with E-state index in [9.17, 15) is 14.3 Å². The number of benzene rings is 1. The number of nitrogens with one attached hydrogen (secondary N) is 1. The fraction of sp³-hybridized carbons (Fsp3) is 0.300. The van der Waals surface area contributed by atoms with Crippen molar-refractivity contribution in [3.8, 4) is 0 Å². The molecule has 1 N–H and O–H groups in total. The van der Waals surface area contributed by atoms with Gasteiger partial charge in [0, 0.05) is 5.75 Å². The topological polar surface area (TPSA) is 52.2 Å². The Kier molecular flexibility index (Phi) is 2.93. The normalized spacial score (nSPS) is 25.4. The minimum absolute atomic E-state index is 0.163. The molecule has 15 heavy (non-hydrogen) atoms. The zero-order chi connectivity index (χ0) is 10.8. The summed E-state index contributed by atoms with van der Waals surface area (Å²) in [6, 6.07) is 5.50. The van der Waals surface area contributed by atoms with Crippen molar-refractivity contribution in [2.75, 3.05) is 5.75 Å². The molecule has 2 unspecified atom stereocenters. The van der Waals surface area contributed by atoms with Crippen LogP contribution in [-0.4, -0.2) is 17.8 Å². The number of rotatable bonds is 2. The number of hydrogen-bond donors (Lipinski definition) is 1. The van der Waals surface area contributed by atoms with Crippen LogP contribution < -0.4 is 10.4 Å². The van der Waals surface area contributed by atoms with Crippen LogP contribution in [0.3, 0.4) is 0 Å². The summed E-state index contributed by atoms with van der Waals surface area (Å²) < 4.78 is 12.9. The third-order valence-corrected chi connectivity index (χ3v) is 3.49. The van der Waals surface area contributed by atoms with Crippen LogP contribution in [0, 0.1) is 5.82 Å². The molecule has 2 rings (SSSR count). The van der Waals surface area contributed by atoms with Gasteiger partial charge in [0.1, 0.15) is 5.82 Å². The van der Waals surface area contributed by atoms with E-state index < -0.39 is 12.0 Å². The number of carboxylic acids is 1. The van der Waals surface area contributed by atoms with Gasteiger partial charge in [-0.05, 0) is 17.7 Å². The maximum atomic E-state index is 12.9. The van der Waals surface area contributed by atoms with Gasteiger partial charge in [-0.2, -0.15) is 0 Å². The minimum atomic E-state index is -1.11. The van der Waals surface area contributed by atoms with Gasteiger partial charge in [-0.25, -0.2) is 4.39 Å². The number of aliphatic carboxylic acids is 1. The van der Waals surface area contributed by atoms with Crippen molar-refractivity contribution in [3.63, 3.8) is 0 Å². The predicted octanol–water partition coefficient (Wildman–Crippen LogP) is 0.279. The van der Waals surface area contributed by atoms with Gasteiger partial charge in [0.25, 0.3) is 0 Å². The molecule has 1 aliphatic rings. The van der Waals surface area contributed by atoms with Crippen molar-refractivity contribution in [2.24, 2.45) is 0 Å². The number of hydrogen-bond acceptors (Lipinski definition) is 4. The van der Waals surface area contributed by atoms with E-state index in [1.807, 2.05) is 0 Å². The lowest BCUT2D eigenvalue weighted by Gasteiger charge is -2.14. The second-order valence-electron chi connectivity index (χ2n) is 3.31. The molecule has 0 saturated carbocycles. The average molecular weight is 226 g/mol. The standard InChI is InChI=1S/C10H10FNO2S/c11-7-3-1-2-6(4-7)9-12-8(5-15-9)10(13)14/h1-4,8-9,12H,5H2,(H,13,14)/p-1. The minimum Gasteiger partial charge on any atom is -0.548 e. The zero-order valence-corrected chi connectivity index (χ0v) is 8.59. The molecule has 0 aromatic heterocycles. The van der Waals surface area contributed by atoms with E-state index in [2.05, 4.69) is 5.32 Å². The van der Waals surface area contributed by atoms with Crippen LogP contribution in [0.1, 0.15) is 10.9 Å². The van der Waals surface area contributed by atoms with Crippen molar-refractivity contribution in [1.29, 1.82) is 0 Å². The van der Waals surface area contributed by atoms with Crippen LogP contribution in [0.25, 0.3) is 0 Å². The van der Waals surface area contributed by atoms with E-state index >= 15 is 0 Å². The summed E-state index contributed by atoms with van der Waals surface area (Å²) in [6.07, 6.45) is 0. The Bertz CT molecular complexity index is 385. The highest BCUT2D eigenvalue weighted by Crippen LogP contribution is 2.32. The van der Waals surface area contributed by atoms with E-state index in [0.717, 1.165) is 5.56 Å². The van der Waals surface area contributed by atoms with Crippen molar-refractivity contribution >= 4 is 17.7 Å². The Balaban J connectivity index is 2.11. The van der Waals surface area contributed by atoms with E-state index in [1.165, 1.54) is 23.9 Å². The molecule has 0 spiro atoms. The van der Waals surface area contributed by atoms with Crippen LogP contribution in [0.4, 0.5) is 4.39 Å². The molecule has 80 valence electrons. The summed E-state index contributed by atoms with van der Waals surface area (Å²) in [5, 5.41) is 13.3. The highest BCUT2D eigenvalue weighted by atomic mass is 32.2. The molecular weight excluding hydrogens is 217 g/mol. The van der Waals surface area contributed by atoms with Gasteiger partial charge >= 0.3 is 0 Å². The monoisotopic (exact) mass is 226 g/mol. The quantitative estimate of drug-likeness (QED) is 0.787. The maximum Gasteiger partial charge on any atom is 0.123 e. The molecule has 1 fully saturated rings. The van der Waals surface area contributed by atoms with E-state index in [4.69, 9.17) is 0 Å². The van der Waals surface area contributed by atoms with Crippen LogP contribution >= 0.6 is 11.8 Å². The lowest BCUT2D eigenvalue weighted by molar-refractivity contribution is -0.307. The van der Waals surface area contributed by atoms with Gasteiger partial charge in [-0.15, -0.1) is 11.8 Å². The number of halogens is 1. The SMILES string of the molecule is O=C([O-])C1CSC(c2cccc(F)c2)N1. The van der Waals surface area contributed by atoms with Crippen molar-refractivity contribution in [3.05, 3.63) is 35.6 Å². The summed E-state index contributed by atoms with van der Waals surface area (Å²) in [5.74, 6) is -0.975. The number of carbonyl (C=O) groups excluding carboxylic acids is 1. The lowest BCUT2D eigenvalue weighted by Crippen LogP contribution is -2.43. The summed E-state index contributed by atoms with van der Waals surface area (Å²) >= 11 is 1.44. The molecule has 3 nitrogen and oxygen atoms in total. The first-order valence-electron chi connectivity index (χ1n) is 4.51. The highest BCUT2D eigenvalue weighted by Gasteiger charge is 2.26. The second-order valence-corrected chi connectivity index (χ2v) is 4.44. The molecule has 0 bridgehead atoms. The fourth-order valence-electron chi connectivity index (χ4n) is 1.47. The highest BCUT2D eigenvalue weighted by molar-refractivity contribution is 7.99. The van der Waals surface area contributed by atoms with Crippen LogP contribution in [0.5, 0.6) is 0 Å². The Hall–Kier alpha value is -1.07. The van der Waals surface area contributed by atoms with Gasteiger partial charge in [0.2, 0.25) is 0 Å². The molecular formula is C10H9FNO2S-. The van der Waals surface area contributed by atoms with Crippen LogP contribution in [-0.2, 0) is 4.79 Å². The van der Waals surface area contributed by atoms with Crippen LogP contribution in [0.2, 0.25) is 0 Å². The molecule has 0 amide bonds. The van der Waals surface area contributed by atoms with Gasteiger partial charge in [-0.3, -0.25) is 5.32 Å². The summed E-state index contributed by atoms with van der Waals surface area (Å²) in [6.45, 7) is 0. The molecule has 0 radical (unpaired) electrons. The molecule has 1 aromatic carbocycles. The average Bonchev–Trinajstić information content (AvgIpc) is 2.66. The lowest BCUT2D eigenvalue weighted by atomic mass is 10.2. The van der Waals surface area contributed by atoms with Gasteiger partial charge in [0.05, 0.1) is 17.4 Å². The summed E-state index contributed by atoms with van der Waals surface area (Å²) in [4.78, 5) is 10.6. The first kappa shape index (κ1) is 10.4. The van der Waals surface area contributed by atoms with Crippen molar-refractivity contribution in [1.82, 2.24) is 5.32 Å². The molecule has 5 heteroatoms. The molecule has 0 aliphatic carbocycles. The maximum absolute atomic E-state index is 12.9. The molecule has 1 aromatic rings. The first-order chi connectivity index (χ1) is 7.16. The zero-order valence-electron chi connectivity index (χ0n) is 7.77. The van der Waals surface area contributed by atoms with Gasteiger partial charge < -0.3 is 9.90 Å². The largest absolute Gasteiger partial charge is 0.548 e. The number of carboxylic acid groups (broad SMARTS) is 1. The second kappa shape index (κ2) is 4.20. The van der Waals surface area contributed by atoms with Crippen LogP contribution in [0.15, 0.2) is 24.3 Å². The molecule has 2 atom stereocenters. The fourth-order valence-corrected chi connectivity index (χ4v) is 2.69. The van der Waals surface area contributed by atoms with E-state index in [1.54, 1.807) is 12.1 Å². The summed E-state index contributed by atoms with van der Waals surface area (Å²) in [5.41, 5.74) is 0.753. The van der Waals surface area contributed by atoms with E-state index in [-0.39, 0.29) is 11.2 Å². The smallest absolute Gasteiger partial charge is 0.123 e. The number of thioether (sulfide) groups is 1. The third-order valence-electron chi connectivity index (χ3n) is 2.22.